The lowest BCUT2D eigenvalue weighted by atomic mass is 10.1. The van der Waals surface area contributed by atoms with E-state index in [0.29, 0.717) is 0 Å². The summed E-state index contributed by atoms with van der Waals surface area (Å²) >= 11 is 0. The summed E-state index contributed by atoms with van der Waals surface area (Å²) in [6.45, 7) is 3.30. The van der Waals surface area contributed by atoms with Gasteiger partial charge in [0, 0.05) is 0 Å². The molecule has 2 aromatic rings. The average molecular weight is 240 g/mol. The fraction of sp³-hybridized carbons (Fsp3) is 0.267. The van der Waals surface area contributed by atoms with Crippen molar-refractivity contribution in [3.05, 3.63) is 48.0 Å². The first-order valence-corrected chi connectivity index (χ1v) is 6.27. The molecule has 0 saturated carbocycles. The Bertz CT molecular complexity index is 559. The summed E-state index contributed by atoms with van der Waals surface area (Å²) in [4.78, 5) is 0. The third-order valence-corrected chi connectivity index (χ3v) is 3.13. The van der Waals surface area contributed by atoms with Crippen molar-refractivity contribution in [3.8, 4) is 0 Å². The van der Waals surface area contributed by atoms with E-state index in [1.807, 2.05) is 6.21 Å². The van der Waals surface area contributed by atoms with Gasteiger partial charge in [-0.05, 0) is 22.4 Å². The Morgan fingerprint density at radius 2 is 1.78 bits per heavy atom. The van der Waals surface area contributed by atoms with Gasteiger partial charge in [0.1, 0.15) is 0 Å². The lowest BCUT2D eigenvalue weighted by Crippen LogP contribution is -2.32. The monoisotopic (exact) mass is 240 g/mol. The quantitative estimate of drug-likeness (QED) is 0.753. The van der Waals surface area contributed by atoms with Crippen LogP contribution in [0.1, 0.15) is 5.56 Å². The molecule has 92 valence electrons. The van der Waals surface area contributed by atoms with Crippen LogP contribution in [0.4, 0.5) is 0 Å². The molecule has 3 heteroatoms. The zero-order valence-electron chi connectivity index (χ0n) is 10.2. The maximum atomic E-state index is 5.29. The van der Waals surface area contributed by atoms with Crippen LogP contribution in [0.2, 0.25) is 0 Å². The van der Waals surface area contributed by atoms with Gasteiger partial charge >= 0.3 is 0 Å². The number of nitrogens with zero attached hydrogens (tertiary/aromatic N) is 2. The highest BCUT2D eigenvalue weighted by Gasteiger charge is 2.06. The molecule has 3 nitrogen and oxygen atoms in total. The second-order valence-electron chi connectivity index (χ2n) is 4.42. The van der Waals surface area contributed by atoms with Crippen molar-refractivity contribution in [2.24, 2.45) is 5.10 Å². The fourth-order valence-electron chi connectivity index (χ4n) is 2.11. The number of ether oxygens (including phenoxy) is 1. The minimum absolute atomic E-state index is 0.773. The van der Waals surface area contributed by atoms with Gasteiger partial charge in [-0.2, -0.15) is 5.10 Å². The van der Waals surface area contributed by atoms with Crippen molar-refractivity contribution in [1.82, 2.24) is 5.01 Å². The molecule has 0 aromatic heterocycles. The van der Waals surface area contributed by atoms with Crippen LogP contribution in [0.25, 0.3) is 10.8 Å². The standard InChI is InChI=1S/C15H16N2O/c1-2-4-15-11-13(5-6-14(15)3-1)12-16-17-7-9-18-10-8-17/h1-6,11-12H,7-10H2/b16-12-. The normalized spacial score (nSPS) is 16.6. The van der Waals surface area contributed by atoms with Gasteiger partial charge < -0.3 is 4.74 Å². The number of fused-ring (bicyclic) bond motifs is 1. The zero-order valence-corrected chi connectivity index (χ0v) is 10.2. The van der Waals surface area contributed by atoms with Gasteiger partial charge in [0.15, 0.2) is 0 Å². The van der Waals surface area contributed by atoms with E-state index >= 15 is 0 Å². The van der Waals surface area contributed by atoms with E-state index in [0.717, 1.165) is 31.9 Å². The second kappa shape index (κ2) is 5.19. The first-order valence-electron chi connectivity index (χ1n) is 6.27. The predicted octanol–water partition coefficient (Wildman–Crippen LogP) is 2.51. The minimum Gasteiger partial charge on any atom is -0.378 e. The zero-order chi connectivity index (χ0) is 12.2. The predicted molar refractivity (Wildman–Crippen MR) is 73.9 cm³/mol. The van der Waals surface area contributed by atoms with E-state index in [4.69, 9.17) is 4.74 Å². The van der Waals surface area contributed by atoms with Gasteiger partial charge in [-0.25, -0.2) is 0 Å². The van der Waals surface area contributed by atoms with Crippen molar-refractivity contribution >= 4 is 17.0 Å². The van der Waals surface area contributed by atoms with E-state index in [1.165, 1.54) is 10.8 Å². The van der Waals surface area contributed by atoms with Crippen LogP contribution < -0.4 is 0 Å². The summed E-state index contributed by atoms with van der Waals surface area (Å²) in [7, 11) is 0. The topological polar surface area (TPSA) is 24.8 Å². The molecule has 18 heavy (non-hydrogen) atoms. The van der Waals surface area contributed by atoms with Crippen molar-refractivity contribution < 1.29 is 4.74 Å². The molecule has 0 N–H and O–H groups in total. The van der Waals surface area contributed by atoms with Crippen LogP contribution in [-0.2, 0) is 4.74 Å². The first-order chi connectivity index (χ1) is 8.92. The molecule has 0 aliphatic carbocycles. The molecule has 1 aliphatic heterocycles. The second-order valence-corrected chi connectivity index (χ2v) is 4.42. The number of hydrazone groups is 1. The van der Waals surface area contributed by atoms with Crippen LogP contribution in [0, 0.1) is 0 Å². The average Bonchev–Trinajstić information content (AvgIpc) is 2.46. The molecule has 0 atom stereocenters. The number of rotatable bonds is 2. The lowest BCUT2D eigenvalue weighted by Gasteiger charge is -2.23. The van der Waals surface area contributed by atoms with Crippen molar-refractivity contribution in [2.45, 2.75) is 0 Å². The Labute approximate surface area is 107 Å². The first kappa shape index (κ1) is 11.2. The Balaban J connectivity index is 1.79. The highest BCUT2D eigenvalue weighted by molar-refractivity contribution is 5.90. The van der Waals surface area contributed by atoms with Gasteiger partial charge in [-0.3, -0.25) is 5.01 Å². The van der Waals surface area contributed by atoms with Crippen molar-refractivity contribution in [2.75, 3.05) is 26.3 Å². The summed E-state index contributed by atoms with van der Waals surface area (Å²) < 4.78 is 5.29. The van der Waals surface area contributed by atoms with Crippen LogP contribution in [0.15, 0.2) is 47.6 Å². The maximum Gasteiger partial charge on any atom is 0.0659 e. The summed E-state index contributed by atoms with van der Waals surface area (Å²) in [6, 6.07) is 14.8. The summed E-state index contributed by atoms with van der Waals surface area (Å²) in [5.41, 5.74) is 1.14. The number of morpholine rings is 1. The third-order valence-electron chi connectivity index (χ3n) is 3.13. The molecule has 0 spiro atoms. The van der Waals surface area contributed by atoms with Gasteiger partial charge in [-0.15, -0.1) is 0 Å². The number of hydrogen-bond acceptors (Lipinski definition) is 3. The van der Waals surface area contributed by atoms with Gasteiger partial charge in [0.2, 0.25) is 0 Å². The molecule has 1 aliphatic rings. The van der Waals surface area contributed by atoms with Gasteiger partial charge in [0.25, 0.3) is 0 Å². The minimum atomic E-state index is 0.773. The van der Waals surface area contributed by atoms with Crippen LogP contribution in [0.3, 0.4) is 0 Å². The Morgan fingerprint density at radius 3 is 2.61 bits per heavy atom. The molecule has 1 heterocycles. The largest absolute Gasteiger partial charge is 0.378 e. The van der Waals surface area contributed by atoms with E-state index < -0.39 is 0 Å². The van der Waals surface area contributed by atoms with Crippen LogP contribution >= 0.6 is 0 Å². The highest BCUT2D eigenvalue weighted by Crippen LogP contribution is 2.14. The molecular weight excluding hydrogens is 224 g/mol. The van der Waals surface area contributed by atoms with Gasteiger partial charge in [-0.1, -0.05) is 36.4 Å². The van der Waals surface area contributed by atoms with Crippen molar-refractivity contribution in [3.63, 3.8) is 0 Å². The molecule has 0 unspecified atom stereocenters. The SMILES string of the molecule is C(=N/N1CCOCC1)/c1ccc2ccccc2c1. The smallest absolute Gasteiger partial charge is 0.0659 e. The maximum absolute atomic E-state index is 5.29. The molecule has 1 saturated heterocycles. The molecule has 2 aromatic carbocycles. The van der Waals surface area contributed by atoms with E-state index in [1.54, 1.807) is 0 Å². The van der Waals surface area contributed by atoms with Gasteiger partial charge in [0.05, 0.1) is 32.5 Å². The Hall–Kier alpha value is -1.87. The van der Waals surface area contributed by atoms with Crippen LogP contribution in [-0.4, -0.2) is 37.5 Å². The van der Waals surface area contributed by atoms with E-state index in [9.17, 15) is 0 Å². The van der Waals surface area contributed by atoms with Crippen LogP contribution in [0.5, 0.6) is 0 Å². The summed E-state index contributed by atoms with van der Waals surface area (Å²) in [5, 5.41) is 9.06. The Morgan fingerprint density at radius 1 is 1.00 bits per heavy atom. The fourth-order valence-corrected chi connectivity index (χ4v) is 2.11. The van der Waals surface area contributed by atoms with Crippen molar-refractivity contribution in [1.29, 1.82) is 0 Å². The number of benzene rings is 2. The third kappa shape index (κ3) is 2.51. The summed E-state index contributed by atoms with van der Waals surface area (Å²) in [5.74, 6) is 0. The lowest BCUT2D eigenvalue weighted by molar-refractivity contribution is 0.0397. The molecule has 0 radical (unpaired) electrons. The molecular formula is C15H16N2O. The molecule has 0 amide bonds. The molecule has 3 rings (SSSR count). The Kier molecular flexibility index (Phi) is 3.24. The highest BCUT2D eigenvalue weighted by atomic mass is 16.5. The molecule has 1 fully saturated rings. The molecule has 0 bridgehead atoms. The van der Waals surface area contributed by atoms with E-state index in [2.05, 4.69) is 52.6 Å². The van der Waals surface area contributed by atoms with E-state index in [-0.39, 0.29) is 0 Å². The summed E-state index contributed by atoms with van der Waals surface area (Å²) in [6.07, 6.45) is 1.93. The number of hydrogen-bond donors (Lipinski definition) is 0.